The van der Waals surface area contributed by atoms with Crippen molar-refractivity contribution in [3.05, 3.63) is 367 Å². The van der Waals surface area contributed by atoms with Gasteiger partial charge in [-0.05, 0) is 151 Å². The molecule has 0 radical (unpaired) electrons. The van der Waals surface area contributed by atoms with Crippen molar-refractivity contribution in [2.75, 3.05) is 21.3 Å². The molecule has 0 amide bonds. The third-order valence-corrected chi connectivity index (χ3v) is 21.2. The minimum atomic E-state index is -3.92. The molecule has 0 aliphatic heterocycles. The highest BCUT2D eigenvalue weighted by Gasteiger charge is 2.24. The Kier molecular flexibility index (Phi) is 35.7. The number of aryl methyl sites for hydroxylation is 1. The summed E-state index contributed by atoms with van der Waals surface area (Å²) in [6, 6.07) is 86.2. The first-order valence-electron chi connectivity index (χ1n) is 35.5. The highest BCUT2D eigenvalue weighted by atomic mass is 79.9. The largest absolute Gasteiger partial charge is 0.497 e. The summed E-state index contributed by atoms with van der Waals surface area (Å²) in [5.74, 6) is -0.886. The zero-order valence-corrected chi connectivity index (χ0v) is 70.6. The molecule has 118 heavy (non-hydrogen) atoms. The summed E-state index contributed by atoms with van der Waals surface area (Å²) in [5.41, 5.74) is 7.74. The molecule has 24 nitrogen and oxygen atoms in total. The van der Waals surface area contributed by atoms with E-state index in [1.54, 1.807) is 171 Å². The van der Waals surface area contributed by atoms with E-state index in [1.807, 2.05) is 154 Å². The van der Waals surface area contributed by atoms with E-state index >= 15 is 0 Å². The molecule has 2 heterocycles. The van der Waals surface area contributed by atoms with Gasteiger partial charge in [-0.15, -0.1) is 22.7 Å². The van der Waals surface area contributed by atoms with E-state index in [-0.39, 0.29) is 44.2 Å². The molecular weight excluding hydrogens is 1670 g/mol. The average molecular weight is 1750 g/mol. The number of halogens is 1. The van der Waals surface area contributed by atoms with Crippen LogP contribution < -0.4 is 14.2 Å². The van der Waals surface area contributed by atoms with Crippen molar-refractivity contribution < 1.29 is 81.8 Å². The lowest BCUT2D eigenvalue weighted by Crippen LogP contribution is -2.20. The number of carbonyl (C=O) groups is 4. The van der Waals surface area contributed by atoms with Crippen molar-refractivity contribution in [3.63, 3.8) is 0 Å². The summed E-state index contributed by atoms with van der Waals surface area (Å²) >= 11 is 4.17. The molecule has 12 rings (SSSR count). The summed E-state index contributed by atoms with van der Waals surface area (Å²) in [4.78, 5) is 65.9. The van der Waals surface area contributed by atoms with Gasteiger partial charge in [0.05, 0.1) is 43.4 Å². The molecule has 0 fully saturated rings. The van der Waals surface area contributed by atoms with Crippen molar-refractivity contribution in [1.82, 2.24) is 0 Å². The van der Waals surface area contributed by atoms with Gasteiger partial charge >= 0.3 is 38.1 Å². The normalized spacial score (nSPS) is 12.0. The van der Waals surface area contributed by atoms with Crippen molar-refractivity contribution >= 4 is 128 Å². The average Bonchev–Trinajstić information content (AvgIpc) is 0.957. The van der Waals surface area contributed by atoms with Crippen LogP contribution in [0.15, 0.2) is 358 Å². The lowest BCUT2D eigenvalue weighted by atomic mass is 10.00. The number of Topliss-reactive ketones (excluding diaryl/α,β-unsaturated/α-hetero) is 1. The number of ketones is 1. The van der Waals surface area contributed by atoms with E-state index in [1.165, 1.54) is 68.1 Å². The number of hydrogen-bond donors (Lipinski definition) is 0. The van der Waals surface area contributed by atoms with Crippen molar-refractivity contribution in [3.8, 4) is 17.2 Å². The molecule has 0 saturated carbocycles. The van der Waals surface area contributed by atoms with Crippen molar-refractivity contribution in [2.45, 2.75) is 56.2 Å². The lowest BCUT2D eigenvalue weighted by molar-refractivity contribution is -0.111. The first kappa shape index (κ1) is 90.6. The van der Waals surface area contributed by atoms with Crippen LogP contribution in [0.2, 0.25) is 0 Å². The Morgan fingerprint density at radius 2 is 0.771 bits per heavy atom. The van der Waals surface area contributed by atoms with Crippen LogP contribution in [-0.4, -0.2) is 100 Å². The van der Waals surface area contributed by atoms with Gasteiger partial charge in [0.2, 0.25) is 0 Å². The monoisotopic (exact) mass is 1750 g/mol. The minimum Gasteiger partial charge on any atom is -0.497 e. The van der Waals surface area contributed by atoms with Crippen LogP contribution in [0.25, 0.3) is 0 Å². The molecule has 1 atom stereocenters. The number of hydrogen-bond acceptors (Lipinski definition) is 26. The number of benzene rings is 10. The topological polar surface area (TPSA) is 311 Å². The van der Waals surface area contributed by atoms with Gasteiger partial charge in [-0.1, -0.05) is 266 Å². The lowest BCUT2D eigenvalue weighted by Gasteiger charge is -2.10. The van der Waals surface area contributed by atoms with Gasteiger partial charge < -0.3 is 28.7 Å². The standard InChI is InChI=1S/C24H16N2O4S2.C18H17NO5.C16H16BrNO3S.2C15H15NO3S/c27-23(19-13-7-15-31-19)29-25-21(17-9-3-1-4-10-17)22(18-11-5-2-6-12-18)26-30-24(28)20-14-8-16-32-20;1-12(20)17(13-8-5-4-6-9-13)19-24-18(21)16-14(22-2)10-7-11-15(16)23-3;1-12(2)16(13-6-4-3-5-7-13)18-21-22(19,20)15-10-8-14(17)9-11-15;1-12(13-8-10-14(18-2)11-9-13)16-19-20(17)15-6-4-3-5-7-15;1-12-8-10-15(11-9-12)20(17,18)19-16-13(2)14-6-4-3-5-7-14/h1-16H;4-11H,1-3H3;3-12H,1-2H3;2*3-11H,1-2H3/b25-21-,26-22-;19-17+;18-16+;16-12+;16-13+. The Balaban J connectivity index is 0.000000186. The molecule has 0 spiro atoms. The Hall–Kier alpha value is -13.0. The molecule has 0 saturated heterocycles. The second-order valence-electron chi connectivity index (χ2n) is 24.5. The molecule has 2 aromatic heterocycles. The number of nitrogens with zero attached hydrogens (tertiary/aromatic N) is 6. The van der Waals surface area contributed by atoms with Crippen molar-refractivity contribution in [2.24, 2.45) is 36.9 Å². The van der Waals surface area contributed by atoms with E-state index in [9.17, 15) is 40.2 Å². The van der Waals surface area contributed by atoms with Gasteiger partial charge in [0.25, 0.3) is 11.1 Å². The zero-order chi connectivity index (χ0) is 84.8. The summed E-state index contributed by atoms with van der Waals surface area (Å²) in [5, 5.41) is 27.0. The second-order valence-corrected chi connectivity index (χ2v) is 31.5. The van der Waals surface area contributed by atoms with E-state index in [2.05, 4.69) is 46.9 Å². The maximum atomic E-state index is 12.4. The number of methoxy groups -OCH3 is 3. The number of rotatable bonds is 27. The van der Waals surface area contributed by atoms with E-state index < -0.39 is 49.2 Å². The number of oxime groups is 6. The van der Waals surface area contributed by atoms with Crippen LogP contribution in [0, 0.1) is 12.8 Å². The molecule has 10 aromatic carbocycles. The quantitative estimate of drug-likeness (QED) is 0.0262. The fourth-order valence-corrected chi connectivity index (χ4v) is 13.4. The van der Waals surface area contributed by atoms with Crippen molar-refractivity contribution in [1.29, 1.82) is 0 Å². The first-order valence-corrected chi connectivity index (χ1v) is 41.9. The molecule has 30 heteroatoms. The molecule has 0 bridgehead atoms. The Morgan fingerprint density at radius 1 is 0.390 bits per heavy atom. The fraction of sp³-hybridized carbons (Fsp3) is 0.114. The Bertz CT molecular complexity index is 5580. The SMILES string of the molecule is C/C(=N\OS(=O)(=O)c1ccc(C)cc1)c1ccccc1.CC(C)/C(=N\OS(=O)(=O)c1ccc(Br)cc1)c1ccccc1.COc1ccc(/C(C)=N/OS(=O)c2ccccc2)cc1.COc1cccc(OC)c1C(=O)O/N=C(\C(C)=O)c1ccccc1.O=C(O/N=C(\C(=N/OC(=O)c1cccs1)c1ccccc1)c1ccccc1)c1cccs1. The van der Waals surface area contributed by atoms with Gasteiger partial charge in [-0.2, -0.15) is 16.8 Å². The predicted octanol–water partition coefficient (Wildman–Crippen LogP) is 19.0. The van der Waals surface area contributed by atoms with Gasteiger partial charge in [0.1, 0.15) is 53.8 Å². The fourth-order valence-electron chi connectivity index (χ4n) is 9.78. The van der Waals surface area contributed by atoms with Gasteiger partial charge in [0.15, 0.2) is 11.5 Å². The zero-order valence-electron chi connectivity index (χ0n) is 65.0. The predicted molar refractivity (Wildman–Crippen MR) is 462 cm³/mol. The summed E-state index contributed by atoms with van der Waals surface area (Å²) < 4.78 is 90.9. The van der Waals surface area contributed by atoms with E-state index in [4.69, 9.17) is 41.6 Å². The van der Waals surface area contributed by atoms with Gasteiger partial charge in [-0.25, -0.2) is 18.6 Å². The molecule has 0 N–H and O–H groups in total. The van der Waals surface area contributed by atoms with Crippen LogP contribution >= 0.6 is 38.6 Å². The molecule has 0 aliphatic rings. The Labute approximate surface area is 703 Å². The first-order chi connectivity index (χ1) is 56.9. The smallest absolute Gasteiger partial charge is 0.375 e. The van der Waals surface area contributed by atoms with Crippen LogP contribution in [0.1, 0.15) is 103 Å². The van der Waals surface area contributed by atoms with E-state index in [0.717, 1.165) is 32.5 Å². The van der Waals surface area contributed by atoms with Gasteiger partial charge in [0, 0.05) is 28.1 Å². The van der Waals surface area contributed by atoms with Crippen LogP contribution in [0.3, 0.4) is 0 Å². The third kappa shape index (κ3) is 28.2. The molecule has 606 valence electrons. The Morgan fingerprint density at radius 3 is 1.19 bits per heavy atom. The maximum absolute atomic E-state index is 12.4. The number of thiophene rings is 2. The third-order valence-electron chi connectivity index (χ3n) is 15.8. The number of ether oxygens (including phenoxy) is 3. The summed E-state index contributed by atoms with van der Waals surface area (Å²) in [6.07, 6.45) is 0. The van der Waals surface area contributed by atoms with Gasteiger partial charge in [-0.3, -0.25) is 17.6 Å². The van der Waals surface area contributed by atoms with E-state index in [0.29, 0.717) is 60.0 Å². The second kappa shape index (κ2) is 46.5. The summed E-state index contributed by atoms with van der Waals surface area (Å²) in [6.45, 7) is 10.6. The van der Waals surface area contributed by atoms with Crippen LogP contribution in [0.5, 0.6) is 17.2 Å². The maximum Gasteiger partial charge on any atom is 0.375 e. The summed E-state index contributed by atoms with van der Waals surface area (Å²) in [7, 11) is -3.32. The minimum absolute atomic E-state index is 0.0301. The molecular formula is C88H79BrN6O18S5. The molecule has 1 unspecified atom stereocenters. The van der Waals surface area contributed by atoms with Crippen LogP contribution in [0.4, 0.5) is 0 Å². The molecule has 12 aromatic rings. The molecule has 0 aliphatic carbocycles. The highest BCUT2D eigenvalue weighted by molar-refractivity contribution is 9.10. The number of carbonyl (C=O) groups excluding carboxylic acids is 4. The van der Waals surface area contributed by atoms with Crippen LogP contribution in [-0.2, 0) is 63.5 Å². The highest BCUT2D eigenvalue weighted by Crippen LogP contribution is 2.30.